The van der Waals surface area contributed by atoms with Gasteiger partial charge in [-0.1, -0.05) is 50.2 Å². The molecule has 0 saturated heterocycles. The van der Waals surface area contributed by atoms with Crippen molar-refractivity contribution < 1.29 is 40.3 Å². The van der Waals surface area contributed by atoms with E-state index in [1.54, 1.807) is 0 Å². The third-order valence-corrected chi connectivity index (χ3v) is 8.30. The van der Waals surface area contributed by atoms with E-state index in [0.717, 1.165) is 55.2 Å². The van der Waals surface area contributed by atoms with Gasteiger partial charge in [0.2, 0.25) is 0 Å². The largest absolute Gasteiger partial charge is 0.458 e. The molecule has 0 unspecified atom stereocenters. The molecule has 0 heterocycles. The number of ether oxygens (including phenoxy) is 1. The van der Waals surface area contributed by atoms with E-state index in [1.807, 2.05) is 0 Å². The molecule has 5 rings (SSSR count). The number of halogens is 7. The molecule has 0 aliphatic heterocycles. The van der Waals surface area contributed by atoms with E-state index in [2.05, 4.69) is 0 Å². The van der Waals surface area contributed by atoms with E-state index < -0.39 is 46.5 Å². The van der Waals surface area contributed by atoms with Crippen molar-refractivity contribution in [2.24, 2.45) is 17.8 Å². The van der Waals surface area contributed by atoms with E-state index >= 15 is 8.78 Å². The lowest BCUT2D eigenvalue weighted by Gasteiger charge is -2.35. The molecule has 3 aromatic carbocycles. The molecule has 41 heavy (non-hydrogen) atoms. The van der Waals surface area contributed by atoms with Gasteiger partial charge in [-0.3, -0.25) is 4.79 Å². The molecule has 216 valence electrons. The second-order valence-electron chi connectivity index (χ2n) is 10.9. The highest BCUT2D eigenvalue weighted by atomic mass is 19.4. The van der Waals surface area contributed by atoms with Crippen LogP contribution in [-0.2, 0) is 4.79 Å². The molecule has 9 heteroatoms. The number of hydrogen-bond donors (Lipinski definition) is 0. The van der Waals surface area contributed by atoms with Crippen molar-refractivity contribution in [1.82, 2.24) is 0 Å². The molecule has 2 nitrogen and oxygen atoms in total. The summed E-state index contributed by atoms with van der Waals surface area (Å²) in [5, 5.41) is -0.403. The van der Waals surface area contributed by atoms with Crippen LogP contribution < -0.4 is 4.74 Å². The van der Waals surface area contributed by atoms with E-state index in [-0.39, 0.29) is 28.0 Å². The molecule has 2 saturated carbocycles. The Hall–Kier alpha value is -3.54. The first-order valence-electron chi connectivity index (χ1n) is 13.7. The highest BCUT2D eigenvalue weighted by Crippen LogP contribution is 2.40. The van der Waals surface area contributed by atoms with E-state index in [4.69, 9.17) is 4.74 Å². The minimum Gasteiger partial charge on any atom is -0.426 e. The van der Waals surface area contributed by atoms with Gasteiger partial charge in [0.15, 0.2) is 0 Å². The highest BCUT2D eigenvalue weighted by Gasteiger charge is 2.32. The third kappa shape index (κ3) is 6.52. The Morgan fingerprint density at radius 2 is 1.41 bits per heavy atom. The molecule has 2 aliphatic carbocycles. The number of esters is 1. The standard InChI is InChI=1S/C32H27F7O2/c33-26-15-22-14-21(10-11-24(22)30(36)25(26)12-13-32(37,38)39)29-27(34)16-23(17-28(29)35)41-31(40)20-8-6-19(7-9-20)18-4-2-1-3-5-18/h10-11,14-20H,1-9H2. The Kier molecular flexibility index (Phi) is 8.30. The average molecular weight is 577 g/mol. The lowest BCUT2D eigenvalue weighted by atomic mass is 9.71. The van der Waals surface area contributed by atoms with Gasteiger partial charge in [-0.2, -0.15) is 13.2 Å². The lowest BCUT2D eigenvalue weighted by Crippen LogP contribution is -2.29. The van der Waals surface area contributed by atoms with Crippen LogP contribution >= 0.6 is 0 Å². The zero-order chi connectivity index (χ0) is 29.3. The first-order chi connectivity index (χ1) is 19.5. The fraction of sp³-hybridized carbons (Fsp3) is 0.406. The zero-order valence-corrected chi connectivity index (χ0v) is 22.0. The number of carbonyl (C=O) groups is 1. The Morgan fingerprint density at radius 1 is 0.780 bits per heavy atom. The molecule has 0 aromatic heterocycles. The monoisotopic (exact) mass is 576 g/mol. The number of fused-ring (bicyclic) bond motifs is 1. The van der Waals surface area contributed by atoms with Gasteiger partial charge in [0, 0.05) is 23.4 Å². The summed E-state index contributed by atoms with van der Waals surface area (Å²) in [4.78, 5) is 12.8. The maximum atomic E-state index is 15.1. The van der Waals surface area contributed by atoms with Crippen LogP contribution in [0.4, 0.5) is 30.7 Å². The Bertz CT molecular complexity index is 1500. The molecular formula is C32H27F7O2. The van der Waals surface area contributed by atoms with Crippen LogP contribution in [0.15, 0.2) is 36.4 Å². The number of rotatable bonds is 4. The quantitative estimate of drug-likeness (QED) is 0.134. The molecule has 2 fully saturated rings. The zero-order valence-electron chi connectivity index (χ0n) is 22.0. The summed E-state index contributed by atoms with van der Waals surface area (Å²) >= 11 is 0. The van der Waals surface area contributed by atoms with Crippen molar-refractivity contribution in [3.8, 4) is 28.7 Å². The normalized spacial score (nSPS) is 20.0. The molecule has 3 aromatic rings. The topological polar surface area (TPSA) is 26.3 Å². The Balaban J connectivity index is 1.32. The van der Waals surface area contributed by atoms with Crippen molar-refractivity contribution in [3.05, 3.63) is 65.2 Å². The summed E-state index contributed by atoms with van der Waals surface area (Å²) in [6, 6.07) is 5.85. The summed E-state index contributed by atoms with van der Waals surface area (Å²) in [7, 11) is 0. The summed E-state index contributed by atoms with van der Waals surface area (Å²) < 4.78 is 102. The van der Waals surface area contributed by atoms with Crippen molar-refractivity contribution in [2.45, 2.75) is 64.0 Å². The van der Waals surface area contributed by atoms with Gasteiger partial charge in [0.1, 0.15) is 29.0 Å². The van der Waals surface area contributed by atoms with Gasteiger partial charge in [-0.25, -0.2) is 17.6 Å². The van der Waals surface area contributed by atoms with Gasteiger partial charge >= 0.3 is 12.1 Å². The Labute approximate surface area is 232 Å². The molecule has 0 atom stereocenters. The van der Waals surface area contributed by atoms with Crippen molar-refractivity contribution in [2.75, 3.05) is 0 Å². The van der Waals surface area contributed by atoms with Gasteiger partial charge < -0.3 is 4.74 Å². The minimum atomic E-state index is -4.94. The number of alkyl halides is 3. The second-order valence-corrected chi connectivity index (χ2v) is 10.9. The van der Waals surface area contributed by atoms with E-state index in [1.165, 1.54) is 38.0 Å². The molecular weight excluding hydrogens is 549 g/mol. The third-order valence-electron chi connectivity index (χ3n) is 8.30. The number of benzene rings is 3. The smallest absolute Gasteiger partial charge is 0.426 e. The van der Waals surface area contributed by atoms with Crippen LogP contribution in [0.25, 0.3) is 21.9 Å². The molecule has 0 bridgehead atoms. The second kappa shape index (κ2) is 11.8. The van der Waals surface area contributed by atoms with Gasteiger partial charge in [0.25, 0.3) is 0 Å². The van der Waals surface area contributed by atoms with Gasteiger partial charge in [-0.05, 0) is 60.6 Å². The minimum absolute atomic E-state index is 0.0701. The van der Waals surface area contributed by atoms with Crippen LogP contribution in [0.1, 0.15) is 63.4 Å². The summed E-state index contributed by atoms with van der Waals surface area (Å²) in [6.45, 7) is 0. The van der Waals surface area contributed by atoms with Crippen LogP contribution in [0.2, 0.25) is 0 Å². The number of carbonyl (C=O) groups excluding carboxylic acids is 1. The van der Waals surface area contributed by atoms with Crippen LogP contribution in [0, 0.1) is 52.9 Å². The van der Waals surface area contributed by atoms with E-state index in [9.17, 15) is 26.7 Å². The molecule has 2 aliphatic rings. The first-order valence-corrected chi connectivity index (χ1v) is 13.7. The van der Waals surface area contributed by atoms with Crippen molar-refractivity contribution >= 4 is 16.7 Å². The SMILES string of the molecule is O=C(Oc1cc(F)c(-c2ccc3c(F)c(C#CC(F)(F)F)c(F)cc3c2)c(F)c1)C1CCC(C2CCCCC2)CC1. The summed E-state index contributed by atoms with van der Waals surface area (Å²) in [5.41, 5.74) is -1.64. The number of hydrogen-bond acceptors (Lipinski definition) is 2. The fourth-order valence-corrected chi connectivity index (χ4v) is 6.25. The van der Waals surface area contributed by atoms with Gasteiger partial charge in [0.05, 0.1) is 17.0 Å². The summed E-state index contributed by atoms with van der Waals surface area (Å²) in [5.74, 6) is -2.32. The molecule has 0 amide bonds. The van der Waals surface area contributed by atoms with Crippen LogP contribution in [0.5, 0.6) is 5.75 Å². The maximum Gasteiger partial charge on any atom is 0.458 e. The van der Waals surface area contributed by atoms with Crippen molar-refractivity contribution in [1.29, 1.82) is 0 Å². The Morgan fingerprint density at radius 3 is 2.05 bits per heavy atom. The lowest BCUT2D eigenvalue weighted by molar-refractivity contribution is -0.140. The van der Waals surface area contributed by atoms with Crippen LogP contribution in [0.3, 0.4) is 0 Å². The predicted molar refractivity (Wildman–Crippen MR) is 140 cm³/mol. The average Bonchev–Trinajstić information content (AvgIpc) is 2.92. The van der Waals surface area contributed by atoms with Crippen LogP contribution in [-0.4, -0.2) is 12.1 Å². The molecule has 0 radical (unpaired) electrons. The first kappa shape index (κ1) is 29.0. The predicted octanol–water partition coefficient (Wildman–Crippen LogP) is 9.27. The highest BCUT2D eigenvalue weighted by molar-refractivity contribution is 5.89. The fourth-order valence-electron chi connectivity index (χ4n) is 6.25. The summed E-state index contributed by atoms with van der Waals surface area (Å²) in [6.07, 6.45) is 4.56. The maximum absolute atomic E-state index is 15.1. The van der Waals surface area contributed by atoms with Gasteiger partial charge in [-0.15, -0.1) is 0 Å². The molecule has 0 N–H and O–H groups in total. The molecule has 0 spiro atoms. The van der Waals surface area contributed by atoms with E-state index in [0.29, 0.717) is 24.7 Å². The van der Waals surface area contributed by atoms with Crippen molar-refractivity contribution in [3.63, 3.8) is 0 Å².